The number of rotatable bonds is 65. The molecule has 0 spiro atoms. The van der Waals surface area contributed by atoms with E-state index < -0.39 is 49.5 Å². The smallest absolute Gasteiger partial charge is 0.305 e. The molecule has 0 saturated carbocycles. The van der Waals surface area contributed by atoms with Crippen LogP contribution in [0.3, 0.4) is 0 Å². The van der Waals surface area contributed by atoms with E-state index in [1.54, 1.807) is 6.08 Å². The van der Waals surface area contributed by atoms with Gasteiger partial charge in [0.05, 0.1) is 32.0 Å². The van der Waals surface area contributed by atoms with Crippen LogP contribution in [-0.2, 0) is 23.8 Å². The number of nitrogens with one attached hydrogen (secondary N) is 1. The largest absolute Gasteiger partial charge is 0.466 e. The van der Waals surface area contributed by atoms with Crippen LogP contribution in [-0.4, -0.2) is 100 Å². The van der Waals surface area contributed by atoms with Crippen LogP contribution < -0.4 is 5.32 Å². The first-order valence-electron chi connectivity index (χ1n) is 36.9. The first kappa shape index (κ1) is 81.6. The molecular formula is C75H139NO10. The van der Waals surface area contributed by atoms with Crippen LogP contribution in [0.2, 0.25) is 0 Å². The van der Waals surface area contributed by atoms with Crippen molar-refractivity contribution in [1.29, 1.82) is 0 Å². The van der Waals surface area contributed by atoms with Crippen LogP contribution in [0.25, 0.3) is 0 Å². The number of carbonyl (C=O) groups is 2. The number of esters is 1. The maximum atomic E-state index is 13.1. The molecule has 7 unspecified atom stereocenters. The van der Waals surface area contributed by atoms with Gasteiger partial charge in [0.2, 0.25) is 5.91 Å². The van der Waals surface area contributed by atoms with Crippen molar-refractivity contribution in [2.75, 3.05) is 19.8 Å². The average molecular weight is 1210 g/mol. The molecular weight excluding hydrogens is 1070 g/mol. The maximum absolute atomic E-state index is 13.1. The molecule has 504 valence electrons. The minimum atomic E-state index is -1.58. The van der Waals surface area contributed by atoms with Gasteiger partial charge in [-0.05, 0) is 89.9 Å². The molecule has 0 aromatic heterocycles. The van der Waals surface area contributed by atoms with Crippen molar-refractivity contribution in [3.8, 4) is 0 Å². The highest BCUT2D eigenvalue weighted by Gasteiger charge is 2.44. The maximum Gasteiger partial charge on any atom is 0.305 e. The fourth-order valence-corrected chi connectivity index (χ4v) is 11.5. The van der Waals surface area contributed by atoms with Crippen molar-refractivity contribution in [3.05, 3.63) is 48.6 Å². The molecule has 0 aliphatic carbocycles. The third-order valence-electron chi connectivity index (χ3n) is 17.4. The second-order valence-electron chi connectivity index (χ2n) is 25.6. The minimum absolute atomic E-state index is 0.000655. The molecule has 0 aromatic carbocycles. The van der Waals surface area contributed by atoms with Crippen LogP contribution in [0.4, 0.5) is 0 Å². The highest BCUT2D eigenvalue weighted by atomic mass is 16.7. The van der Waals surface area contributed by atoms with Crippen LogP contribution >= 0.6 is 0 Å². The summed E-state index contributed by atoms with van der Waals surface area (Å²) < 4.78 is 16.7. The number of aliphatic hydroxyl groups excluding tert-OH is 5. The van der Waals surface area contributed by atoms with E-state index in [0.717, 1.165) is 57.8 Å². The summed E-state index contributed by atoms with van der Waals surface area (Å²) in [5.74, 6) is -0.188. The van der Waals surface area contributed by atoms with E-state index in [0.29, 0.717) is 19.4 Å². The van der Waals surface area contributed by atoms with Gasteiger partial charge in [0.25, 0.3) is 0 Å². The highest BCUT2D eigenvalue weighted by Crippen LogP contribution is 2.23. The Morgan fingerprint density at radius 1 is 0.419 bits per heavy atom. The number of carbonyl (C=O) groups excluding carboxylic acids is 2. The Bertz CT molecular complexity index is 1570. The molecule has 7 atom stereocenters. The molecule has 0 radical (unpaired) electrons. The van der Waals surface area contributed by atoms with Gasteiger partial charge in [-0.3, -0.25) is 9.59 Å². The predicted octanol–water partition coefficient (Wildman–Crippen LogP) is 19.1. The van der Waals surface area contributed by atoms with Gasteiger partial charge in [0.15, 0.2) is 6.29 Å². The lowest BCUT2D eigenvalue weighted by Gasteiger charge is -2.40. The lowest BCUT2D eigenvalue weighted by molar-refractivity contribution is -0.302. The number of ether oxygens (including phenoxy) is 3. The van der Waals surface area contributed by atoms with Gasteiger partial charge in [0.1, 0.15) is 24.4 Å². The highest BCUT2D eigenvalue weighted by molar-refractivity contribution is 5.76. The van der Waals surface area contributed by atoms with Crippen molar-refractivity contribution < 1.29 is 49.3 Å². The molecule has 11 nitrogen and oxygen atoms in total. The number of hydrogen-bond acceptors (Lipinski definition) is 10. The minimum Gasteiger partial charge on any atom is -0.466 e. The predicted molar refractivity (Wildman–Crippen MR) is 361 cm³/mol. The first-order valence-corrected chi connectivity index (χ1v) is 36.9. The molecule has 1 heterocycles. The fourth-order valence-electron chi connectivity index (χ4n) is 11.5. The van der Waals surface area contributed by atoms with Crippen molar-refractivity contribution >= 4 is 11.9 Å². The Morgan fingerprint density at radius 2 is 0.767 bits per heavy atom. The van der Waals surface area contributed by atoms with E-state index in [4.69, 9.17) is 14.2 Å². The number of hydrogen-bond donors (Lipinski definition) is 6. The third kappa shape index (κ3) is 52.4. The molecule has 1 aliphatic rings. The van der Waals surface area contributed by atoms with E-state index in [9.17, 15) is 35.1 Å². The summed E-state index contributed by atoms with van der Waals surface area (Å²) in [6.45, 7) is 4.32. The lowest BCUT2D eigenvalue weighted by atomic mass is 9.99. The average Bonchev–Trinajstić information content (AvgIpc) is 2.62. The second kappa shape index (κ2) is 64.2. The summed E-state index contributed by atoms with van der Waals surface area (Å²) in [4.78, 5) is 25.1. The van der Waals surface area contributed by atoms with E-state index in [2.05, 4.69) is 55.6 Å². The Morgan fingerprint density at radius 3 is 1.19 bits per heavy atom. The Hall–Kier alpha value is -2.38. The quantitative estimate of drug-likeness (QED) is 0.0195. The molecule has 1 aliphatic heterocycles. The summed E-state index contributed by atoms with van der Waals surface area (Å²) in [6, 6.07) is -0.826. The van der Waals surface area contributed by atoms with Gasteiger partial charge in [-0.25, -0.2) is 0 Å². The van der Waals surface area contributed by atoms with Gasteiger partial charge < -0.3 is 45.1 Å². The van der Waals surface area contributed by atoms with Gasteiger partial charge in [0, 0.05) is 12.8 Å². The molecule has 86 heavy (non-hydrogen) atoms. The molecule has 0 aromatic rings. The number of aliphatic hydroxyl groups is 5. The van der Waals surface area contributed by atoms with Crippen molar-refractivity contribution in [2.45, 2.75) is 397 Å². The third-order valence-corrected chi connectivity index (χ3v) is 17.4. The number of allylic oxidation sites excluding steroid dienone is 7. The Kier molecular flexibility index (Phi) is 60.9. The van der Waals surface area contributed by atoms with Crippen LogP contribution in [0.1, 0.15) is 354 Å². The van der Waals surface area contributed by atoms with E-state index in [1.807, 2.05) is 6.08 Å². The molecule has 11 heteroatoms. The summed E-state index contributed by atoms with van der Waals surface area (Å²) in [7, 11) is 0. The second-order valence-corrected chi connectivity index (χ2v) is 25.6. The topological polar surface area (TPSA) is 175 Å². The molecule has 1 saturated heterocycles. The van der Waals surface area contributed by atoms with Crippen LogP contribution in [0.5, 0.6) is 0 Å². The molecule has 1 rings (SSSR count). The van der Waals surface area contributed by atoms with Crippen molar-refractivity contribution in [3.63, 3.8) is 0 Å². The van der Waals surface area contributed by atoms with Gasteiger partial charge in [-0.2, -0.15) is 0 Å². The summed E-state index contributed by atoms with van der Waals surface area (Å²) in [6.07, 6.45) is 74.0. The van der Waals surface area contributed by atoms with E-state index in [-0.39, 0.29) is 18.5 Å². The number of amides is 1. The molecule has 1 fully saturated rings. The summed E-state index contributed by atoms with van der Waals surface area (Å²) >= 11 is 0. The first-order chi connectivity index (χ1) is 42.2. The zero-order valence-electron chi connectivity index (χ0n) is 56.0. The molecule has 1 amide bonds. The fraction of sp³-hybridized carbons (Fsp3) is 0.867. The van der Waals surface area contributed by atoms with E-state index >= 15 is 0 Å². The Labute approximate surface area is 529 Å². The lowest BCUT2D eigenvalue weighted by Crippen LogP contribution is -2.60. The molecule has 6 N–H and O–H groups in total. The van der Waals surface area contributed by atoms with Crippen LogP contribution in [0.15, 0.2) is 48.6 Å². The van der Waals surface area contributed by atoms with Crippen LogP contribution in [0, 0.1) is 0 Å². The zero-order chi connectivity index (χ0) is 62.3. The van der Waals surface area contributed by atoms with Gasteiger partial charge >= 0.3 is 5.97 Å². The Balaban J connectivity index is 1.98. The summed E-state index contributed by atoms with van der Waals surface area (Å²) in [5, 5.41) is 54.6. The van der Waals surface area contributed by atoms with Gasteiger partial charge in [-0.1, -0.05) is 300 Å². The summed E-state index contributed by atoms with van der Waals surface area (Å²) in [5.41, 5.74) is 0. The normalized spacial score (nSPS) is 18.2. The monoisotopic (exact) mass is 1210 g/mol. The van der Waals surface area contributed by atoms with Gasteiger partial charge in [-0.15, -0.1) is 0 Å². The number of unbranched alkanes of at least 4 members (excludes halogenated alkanes) is 45. The van der Waals surface area contributed by atoms with Crippen molar-refractivity contribution in [1.82, 2.24) is 5.32 Å². The van der Waals surface area contributed by atoms with E-state index in [1.165, 1.54) is 270 Å². The zero-order valence-corrected chi connectivity index (χ0v) is 56.0. The molecule has 0 bridgehead atoms. The SMILES string of the molecule is CCCC/C=C\CCCCCCCC(=O)OCCCCCCCCCCCCCC/C=C\CCCCCCCCCCCCCCCCCCC(=O)NC(COC1OC(CO)C(O)C(O)C1O)C(O)/C=C/CC/C=C/CCCCCCCCCCC. The standard InChI is InChI=1S/C75H139NO10/c1-3-5-7-9-11-13-15-16-35-38-42-45-49-53-57-61-68(78)67(66-85-75-74(83)73(82)72(81)69(65-77)86-75)76-70(79)62-58-54-50-46-43-39-36-33-31-29-27-25-23-21-19-17-18-20-22-24-26-28-30-32-34-37-40-44-48-52-56-60-64-84-71(80)63-59-55-51-47-41-14-12-10-8-6-4-2/h10,12,20,22,42,45,57,61,67-69,72-75,77-78,81-83H,3-9,11,13-19,21,23-41,43-44,46-56,58-60,62-66H2,1-2H3,(H,76,79)/b12-10-,22-20-,45-42+,61-57+. The van der Waals surface area contributed by atoms with Crippen molar-refractivity contribution in [2.24, 2.45) is 0 Å².